The highest BCUT2D eigenvalue weighted by atomic mass is 16.6. The summed E-state index contributed by atoms with van der Waals surface area (Å²) in [5.41, 5.74) is 10.1. The normalized spacial score (nSPS) is 23.2. The molecule has 0 radical (unpaired) electrons. The van der Waals surface area contributed by atoms with Crippen molar-refractivity contribution in [2.45, 2.75) is 37.9 Å². The first kappa shape index (κ1) is 21.9. The summed E-state index contributed by atoms with van der Waals surface area (Å²) in [5.74, 6) is 1.03. The van der Waals surface area contributed by atoms with Crippen LogP contribution in [0.25, 0.3) is 11.2 Å². The van der Waals surface area contributed by atoms with Crippen LogP contribution in [-0.2, 0) is 4.74 Å². The van der Waals surface area contributed by atoms with Crippen molar-refractivity contribution in [1.82, 2.24) is 19.5 Å². The van der Waals surface area contributed by atoms with E-state index in [2.05, 4.69) is 25.5 Å². The molecule has 12 heteroatoms. The van der Waals surface area contributed by atoms with E-state index in [1.54, 1.807) is 6.21 Å². The number of hydrogen-bond acceptors (Lipinski definition) is 11. The fraction of sp³-hybridized carbons (Fsp3) is 0.400. The maximum absolute atomic E-state index is 10.5. The Labute approximate surface area is 183 Å². The van der Waals surface area contributed by atoms with E-state index in [0.29, 0.717) is 6.61 Å². The van der Waals surface area contributed by atoms with Crippen molar-refractivity contribution in [1.29, 1.82) is 0 Å². The second-order valence-electron chi connectivity index (χ2n) is 7.26. The number of aliphatic hydroxyl groups is 3. The molecule has 0 bridgehead atoms. The van der Waals surface area contributed by atoms with Gasteiger partial charge in [0.15, 0.2) is 23.2 Å². The van der Waals surface area contributed by atoms with E-state index in [0.717, 1.165) is 17.7 Å². The van der Waals surface area contributed by atoms with Gasteiger partial charge in [-0.2, -0.15) is 5.10 Å². The van der Waals surface area contributed by atoms with Crippen molar-refractivity contribution in [3.63, 3.8) is 0 Å². The quantitative estimate of drug-likeness (QED) is 0.240. The highest BCUT2D eigenvalue weighted by Gasteiger charge is 2.45. The highest BCUT2D eigenvalue weighted by Crippen LogP contribution is 2.35. The zero-order valence-electron chi connectivity index (χ0n) is 17.4. The third-order valence-electron chi connectivity index (χ3n) is 4.99. The number of nitrogens with two attached hydrogens (primary N) is 1. The number of nitrogens with one attached hydrogen (secondary N) is 1. The zero-order chi connectivity index (χ0) is 22.7. The number of rotatable bonds is 8. The number of anilines is 2. The van der Waals surface area contributed by atoms with Crippen LogP contribution in [-0.4, -0.2) is 72.6 Å². The van der Waals surface area contributed by atoms with Crippen LogP contribution in [0, 0.1) is 0 Å². The summed E-state index contributed by atoms with van der Waals surface area (Å²) >= 11 is 0. The number of nitrogens with zero attached hydrogens (tertiary/aromatic N) is 5. The van der Waals surface area contributed by atoms with E-state index in [1.807, 2.05) is 31.2 Å². The number of nitrogen functional groups attached to an aromatic ring is 1. The molecule has 6 N–H and O–H groups in total. The molecule has 1 aliphatic rings. The van der Waals surface area contributed by atoms with Gasteiger partial charge in [-0.3, -0.25) is 4.57 Å². The van der Waals surface area contributed by atoms with Crippen LogP contribution < -0.4 is 15.9 Å². The molecule has 12 nitrogen and oxygen atoms in total. The van der Waals surface area contributed by atoms with Crippen molar-refractivity contribution in [2.75, 3.05) is 24.4 Å². The van der Waals surface area contributed by atoms with E-state index in [4.69, 9.17) is 15.2 Å². The monoisotopic (exact) mass is 443 g/mol. The van der Waals surface area contributed by atoms with E-state index >= 15 is 0 Å². The van der Waals surface area contributed by atoms with Gasteiger partial charge in [0.1, 0.15) is 30.4 Å². The number of benzene rings is 1. The van der Waals surface area contributed by atoms with E-state index in [-0.39, 0.29) is 22.9 Å². The standard InChI is InChI=1S/C20H25N7O5/c1-2-6-31-12-5-3-4-11(7-12)8-24-26-20-25-14-17(21)22-10-23-18(14)27(20)19-16(30)15(29)13(9-28)32-19/h3-5,7-8,10,13,15-16,19,28-30H,2,6,9H2,1H3,(H,25,26)(H2,21,22,23)/b24-8+/t13-,15-,16-,19-/m0/s1. The Kier molecular flexibility index (Phi) is 6.46. The number of imidazole rings is 1. The van der Waals surface area contributed by atoms with Gasteiger partial charge in [-0.05, 0) is 24.1 Å². The molecule has 3 heterocycles. The minimum atomic E-state index is -1.34. The molecule has 0 unspecified atom stereocenters. The number of ether oxygens (including phenoxy) is 2. The number of aliphatic hydroxyl groups excluding tert-OH is 3. The molecule has 2 aromatic heterocycles. The van der Waals surface area contributed by atoms with Gasteiger partial charge in [-0.1, -0.05) is 19.1 Å². The first-order chi connectivity index (χ1) is 15.5. The van der Waals surface area contributed by atoms with Crippen LogP contribution in [0.1, 0.15) is 25.1 Å². The maximum atomic E-state index is 10.5. The molecular formula is C20H25N7O5. The molecule has 4 atom stereocenters. The van der Waals surface area contributed by atoms with E-state index in [9.17, 15) is 15.3 Å². The molecule has 0 aliphatic carbocycles. The molecule has 0 spiro atoms. The summed E-state index contributed by atoms with van der Waals surface area (Å²) in [6.45, 7) is 2.19. The molecule has 170 valence electrons. The minimum absolute atomic E-state index is 0.133. The Hall–Kier alpha value is -3.32. The Bertz CT molecular complexity index is 1110. The maximum Gasteiger partial charge on any atom is 0.228 e. The van der Waals surface area contributed by atoms with Gasteiger partial charge in [-0.15, -0.1) is 0 Å². The average molecular weight is 443 g/mol. The van der Waals surface area contributed by atoms with Crippen molar-refractivity contribution in [3.05, 3.63) is 36.2 Å². The lowest BCUT2D eigenvalue weighted by Crippen LogP contribution is -2.33. The summed E-state index contributed by atoms with van der Waals surface area (Å²) < 4.78 is 12.7. The van der Waals surface area contributed by atoms with Crippen LogP contribution in [0.3, 0.4) is 0 Å². The second-order valence-corrected chi connectivity index (χ2v) is 7.26. The predicted molar refractivity (Wildman–Crippen MR) is 116 cm³/mol. The first-order valence-electron chi connectivity index (χ1n) is 10.2. The molecule has 1 saturated heterocycles. The number of hydrogen-bond donors (Lipinski definition) is 5. The summed E-state index contributed by atoms with van der Waals surface area (Å²) in [5, 5.41) is 34.3. The first-order valence-corrected chi connectivity index (χ1v) is 10.2. The molecule has 3 aromatic rings. The third-order valence-corrected chi connectivity index (χ3v) is 4.99. The topological polar surface area (TPSA) is 173 Å². The minimum Gasteiger partial charge on any atom is -0.494 e. The zero-order valence-corrected chi connectivity index (χ0v) is 17.4. The van der Waals surface area contributed by atoms with Crippen LogP contribution >= 0.6 is 0 Å². The van der Waals surface area contributed by atoms with Crippen molar-refractivity contribution in [2.24, 2.45) is 5.10 Å². The van der Waals surface area contributed by atoms with Gasteiger partial charge in [-0.25, -0.2) is 20.4 Å². The van der Waals surface area contributed by atoms with Crippen molar-refractivity contribution in [3.8, 4) is 5.75 Å². The Morgan fingerprint density at radius 3 is 2.91 bits per heavy atom. The van der Waals surface area contributed by atoms with E-state index in [1.165, 1.54) is 10.9 Å². The summed E-state index contributed by atoms with van der Waals surface area (Å²) in [7, 11) is 0. The summed E-state index contributed by atoms with van der Waals surface area (Å²) in [6, 6.07) is 7.43. The Balaban J connectivity index is 1.64. The molecule has 0 saturated carbocycles. The Morgan fingerprint density at radius 1 is 1.31 bits per heavy atom. The SMILES string of the molecule is CCCOc1cccc(/C=N/Nc2nc3c(N)ncnc3n2[C@H]2O[C@@H](CO)[C@H](O)[C@@H]2O)c1. The molecule has 1 aromatic carbocycles. The van der Waals surface area contributed by atoms with Gasteiger partial charge >= 0.3 is 0 Å². The van der Waals surface area contributed by atoms with Gasteiger partial charge in [0.2, 0.25) is 5.95 Å². The van der Waals surface area contributed by atoms with Gasteiger partial charge < -0.3 is 30.5 Å². The smallest absolute Gasteiger partial charge is 0.228 e. The van der Waals surface area contributed by atoms with Crippen LogP contribution in [0.2, 0.25) is 0 Å². The molecule has 4 rings (SSSR count). The van der Waals surface area contributed by atoms with Gasteiger partial charge in [0.05, 0.1) is 19.4 Å². The fourth-order valence-corrected chi connectivity index (χ4v) is 3.41. The number of aromatic nitrogens is 4. The second kappa shape index (κ2) is 9.44. The lowest BCUT2D eigenvalue weighted by molar-refractivity contribution is -0.0501. The largest absolute Gasteiger partial charge is 0.494 e. The molecule has 1 aliphatic heterocycles. The highest BCUT2D eigenvalue weighted by molar-refractivity contribution is 5.84. The van der Waals surface area contributed by atoms with Gasteiger partial charge in [0.25, 0.3) is 0 Å². The van der Waals surface area contributed by atoms with Crippen LogP contribution in [0.4, 0.5) is 11.8 Å². The number of fused-ring (bicyclic) bond motifs is 1. The lowest BCUT2D eigenvalue weighted by atomic mass is 10.1. The average Bonchev–Trinajstić information content (AvgIpc) is 3.30. The van der Waals surface area contributed by atoms with Crippen LogP contribution in [0.5, 0.6) is 5.75 Å². The summed E-state index contributed by atoms with van der Waals surface area (Å²) in [6.07, 6.45) is -0.926. The lowest BCUT2D eigenvalue weighted by Gasteiger charge is -2.18. The predicted octanol–water partition coefficient (Wildman–Crippen LogP) is 0.255. The number of hydrazone groups is 1. The molecule has 1 fully saturated rings. The van der Waals surface area contributed by atoms with Crippen molar-refractivity contribution < 1.29 is 24.8 Å². The third kappa shape index (κ3) is 4.21. The molecule has 0 amide bonds. The Morgan fingerprint density at radius 2 is 2.16 bits per heavy atom. The summed E-state index contributed by atoms with van der Waals surface area (Å²) in [4.78, 5) is 12.5. The molecular weight excluding hydrogens is 418 g/mol. The van der Waals surface area contributed by atoms with Crippen molar-refractivity contribution >= 4 is 29.1 Å². The van der Waals surface area contributed by atoms with Crippen LogP contribution in [0.15, 0.2) is 35.7 Å². The van der Waals surface area contributed by atoms with Gasteiger partial charge in [0, 0.05) is 0 Å². The fourth-order valence-electron chi connectivity index (χ4n) is 3.41. The van der Waals surface area contributed by atoms with E-state index < -0.39 is 31.1 Å². The molecule has 32 heavy (non-hydrogen) atoms.